The van der Waals surface area contributed by atoms with Crippen LogP contribution in [0.15, 0.2) is 36.5 Å². The van der Waals surface area contributed by atoms with Gasteiger partial charge in [0.15, 0.2) is 0 Å². The molecule has 1 amide bonds. The molecule has 3 aliphatic rings. The molecule has 0 aliphatic carbocycles. The zero-order chi connectivity index (χ0) is 26.1. The first-order chi connectivity index (χ1) is 16.3. The molecule has 6 atom stereocenters. The summed E-state index contributed by atoms with van der Waals surface area (Å²) in [5.74, 6) is 1.11. The van der Waals surface area contributed by atoms with Gasteiger partial charge in [0.1, 0.15) is 5.82 Å². The van der Waals surface area contributed by atoms with E-state index in [0.717, 1.165) is 30.8 Å². The smallest absolute Gasteiger partial charge is 0.233 e. The van der Waals surface area contributed by atoms with Crippen molar-refractivity contribution in [3.05, 3.63) is 47.9 Å². The molecule has 2 bridgehead atoms. The summed E-state index contributed by atoms with van der Waals surface area (Å²) in [5.41, 5.74) is 0.528. The number of halogens is 1. The topological polar surface area (TPSA) is 43.8 Å². The lowest BCUT2D eigenvalue weighted by Crippen LogP contribution is -2.53. The number of carbonyl (C=O) groups is 1. The van der Waals surface area contributed by atoms with E-state index in [1.165, 1.54) is 12.1 Å². The Morgan fingerprint density at radius 1 is 1.11 bits per heavy atom. The zero-order valence-corrected chi connectivity index (χ0v) is 23.0. The molecule has 1 aromatic carbocycles. The second-order valence-corrected chi connectivity index (χ2v) is 11.9. The third-order valence-corrected chi connectivity index (χ3v) is 9.61. The van der Waals surface area contributed by atoms with E-state index in [9.17, 15) is 14.3 Å². The van der Waals surface area contributed by atoms with Crippen LogP contribution in [0, 0.1) is 35.4 Å². The van der Waals surface area contributed by atoms with E-state index in [4.69, 9.17) is 0 Å². The van der Waals surface area contributed by atoms with Gasteiger partial charge in [-0.25, -0.2) is 4.39 Å². The summed E-state index contributed by atoms with van der Waals surface area (Å²) in [6.45, 7) is 19.7. The maximum absolute atomic E-state index is 14.0. The minimum atomic E-state index is -0.828. The van der Waals surface area contributed by atoms with Gasteiger partial charge in [-0.2, -0.15) is 0 Å². The van der Waals surface area contributed by atoms with E-state index >= 15 is 0 Å². The van der Waals surface area contributed by atoms with Crippen molar-refractivity contribution in [2.45, 2.75) is 78.2 Å². The largest absolute Gasteiger partial charge is 0.390 e. The van der Waals surface area contributed by atoms with Crippen LogP contribution in [0.3, 0.4) is 0 Å². The average Bonchev–Trinajstić information content (AvgIpc) is 2.82. The Balaban J connectivity index is 2.03. The number of allylic oxidation sites excluding steroid dienone is 1. The summed E-state index contributed by atoms with van der Waals surface area (Å²) >= 11 is 0. The molecule has 3 fully saturated rings. The van der Waals surface area contributed by atoms with Crippen molar-refractivity contribution in [1.82, 2.24) is 9.80 Å². The number of hydrogen-bond donors (Lipinski definition) is 1. The van der Waals surface area contributed by atoms with Gasteiger partial charge in [0, 0.05) is 32.4 Å². The van der Waals surface area contributed by atoms with Crippen molar-refractivity contribution >= 4 is 5.91 Å². The number of amides is 1. The summed E-state index contributed by atoms with van der Waals surface area (Å²) in [6.07, 6.45) is 3.04. The third-order valence-electron chi connectivity index (χ3n) is 9.61. The maximum Gasteiger partial charge on any atom is 0.233 e. The second-order valence-electron chi connectivity index (χ2n) is 11.9. The fraction of sp³-hybridized carbons (Fsp3) is 0.700. The van der Waals surface area contributed by atoms with Crippen LogP contribution in [-0.2, 0) is 10.2 Å². The Bertz CT molecular complexity index is 888. The van der Waals surface area contributed by atoms with E-state index in [2.05, 4.69) is 46.1 Å². The molecule has 0 aromatic heterocycles. The highest BCUT2D eigenvalue weighted by molar-refractivity contribution is 5.88. The average molecular weight is 487 g/mol. The first-order valence-corrected chi connectivity index (χ1v) is 13.5. The highest BCUT2D eigenvalue weighted by Crippen LogP contribution is 2.43. The van der Waals surface area contributed by atoms with Crippen molar-refractivity contribution in [3.63, 3.8) is 0 Å². The van der Waals surface area contributed by atoms with E-state index in [0.29, 0.717) is 37.6 Å². The molecule has 35 heavy (non-hydrogen) atoms. The van der Waals surface area contributed by atoms with Crippen molar-refractivity contribution in [2.75, 3.05) is 26.7 Å². The lowest BCUT2D eigenvalue weighted by molar-refractivity contribution is -0.139. The number of hydrogen-bond acceptors (Lipinski definition) is 3. The lowest BCUT2D eigenvalue weighted by Gasteiger charge is -2.46. The molecule has 196 valence electrons. The number of nitrogens with zero attached hydrogens (tertiary/aromatic N) is 2. The van der Waals surface area contributed by atoms with Gasteiger partial charge in [0.2, 0.25) is 5.91 Å². The number of benzene rings is 1. The Kier molecular flexibility index (Phi) is 8.41. The Morgan fingerprint density at radius 3 is 2.23 bits per heavy atom. The summed E-state index contributed by atoms with van der Waals surface area (Å²) in [5, 5.41) is 11.6. The highest BCUT2D eigenvalue weighted by Gasteiger charge is 2.46. The zero-order valence-electron chi connectivity index (χ0n) is 23.0. The molecule has 1 unspecified atom stereocenters. The molecule has 0 spiro atoms. The van der Waals surface area contributed by atoms with Gasteiger partial charge in [-0.05, 0) is 73.5 Å². The summed E-state index contributed by atoms with van der Waals surface area (Å²) in [4.78, 5) is 18.3. The minimum absolute atomic E-state index is 0.0941. The molecule has 3 aliphatic heterocycles. The number of carbonyl (C=O) groups excluding carboxylic acids is 1. The molecule has 1 N–H and O–H groups in total. The molecule has 3 heterocycles. The summed E-state index contributed by atoms with van der Waals surface area (Å²) < 4.78 is 13.8. The molecule has 0 saturated carbocycles. The van der Waals surface area contributed by atoms with Crippen molar-refractivity contribution in [2.24, 2.45) is 29.6 Å². The maximum atomic E-state index is 14.0. The van der Waals surface area contributed by atoms with Crippen molar-refractivity contribution < 1.29 is 14.3 Å². The van der Waals surface area contributed by atoms with E-state index in [1.54, 1.807) is 12.1 Å². The predicted molar refractivity (Wildman–Crippen MR) is 141 cm³/mol. The van der Waals surface area contributed by atoms with Gasteiger partial charge < -0.3 is 14.9 Å². The summed E-state index contributed by atoms with van der Waals surface area (Å²) in [7, 11) is 1.88. The number of likely N-dealkylation sites (N-methyl/N-ethyl adjacent to an activating group) is 1. The van der Waals surface area contributed by atoms with Crippen LogP contribution >= 0.6 is 0 Å². The van der Waals surface area contributed by atoms with Crippen LogP contribution in [-0.4, -0.2) is 53.1 Å². The first-order valence-electron chi connectivity index (χ1n) is 13.5. The molecule has 3 saturated heterocycles. The molecule has 4 rings (SSSR count). The van der Waals surface area contributed by atoms with E-state index < -0.39 is 11.0 Å². The van der Waals surface area contributed by atoms with Crippen LogP contribution < -0.4 is 0 Å². The van der Waals surface area contributed by atoms with Crippen LogP contribution in [0.2, 0.25) is 0 Å². The summed E-state index contributed by atoms with van der Waals surface area (Å²) in [6, 6.07) is 6.50. The Hall–Kier alpha value is -1.88. The lowest BCUT2D eigenvalue weighted by atomic mass is 9.68. The Labute approximate surface area is 212 Å². The van der Waals surface area contributed by atoms with Gasteiger partial charge in [0.25, 0.3) is 0 Å². The standard InChI is InChI=1S/C30H47FN2O2/c1-9-27-21(3)23(5)29(7,35)18-20(2)19-32(8)28(34)30(25-10-12-26(31)13-11-25)14-16-33(17-15-30)24(6)22(27)4/h10-13,20-23,27,35H,6,9,14-19H2,1-5,7-8H3/t20-,21-,22?,23-,27+,29-/m1/s1. The second kappa shape index (κ2) is 10.6. The SMILES string of the molecule is C=C1C(C)[C@@H](CC)[C@H](C)[C@@H](C)[C@](C)(O)C[C@@H](C)CN(C)C(=O)C2(c3ccc(F)cc3)CCN1CC2. The minimum Gasteiger partial charge on any atom is -0.390 e. The first kappa shape index (κ1) is 27.7. The van der Waals surface area contributed by atoms with Crippen LogP contribution in [0.1, 0.15) is 72.8 Å². The van der Waals surface area contributed by atoms with Crippen molar-refractivity contribution in [1.29, 1.82) is 0 Å². The number of rotatable bonds is 2. The highest BCUT2D eigenvalue weighted by atomic mass is 19.1. The van der Waals surface area contributed by atoms with Crippen LogP contribution in [0.4, 0.5) is 4.39 Å². The van der Waals surface area contributed by atoms with Gasteiger partial charge in [-0.15, -0.1) is 0 Å². The van der Waals surface area contributed by atoms with E-state index in [-0.39, 0.29) is 29.5 Å². The number of fused-ring (bicyclic) bond motifs is 12. The molecule has 1 aromatic rings. The van der Waals surface area contributed by atoms with Gasteiger partial charge >= 0.3 is 0 Å². The molecular formula is C30H47FN2O2. The molecule has 5 heteroatoms. The van der Waals surface area contributed by atoms with Gasteiger partial charge in [-0.1, -0.05) is 59.8 Å². The molecule has 0 radical (unpaired) electrons. The normalized spacial score (nSPS) is 37.8. The monoisotopic (exact) mass is 486 g/mol. The van der Waals surface area contributed by atoms with Crippen LogP contribution in [0.25, 0.3) is 0 Å². The quantitative estimate of drug-likeness (QED) is 0.570. The van der Waals surface area contributed by atoms with Gasteiger partial charge in [-0.3, -0.25) is 4.79 Å². The van der Waals surface area contributed by atoms with E-state index in [1.807, 2.05) is 18.9 Å². The van der Waals surface area contributed by atoms with Gasteiger partial charge in [0.05, 0.1) is 11.0 Å². The Morgan fingerprint density at radius 2 is 1.69 bits per heavy atom. The number of aliphatic hydroxyl groups is 1. The fourth-order valence-electron chi connectivity index (χ4n) is 7.10. The fourth-order valence-corrected chi connectivity index (χ4v) is 7.10. The van der Waals surface area contributed by atoms with Crippen molar-refractivity contribution in [3.8, 4) is 0 Å². The van der Waals surface area contributed by atoms with Crippen LogP contribution in [0.5, 0.6) is 0 Å². The molecule has 4 nitrogen and oxygen atoms in total. The molecular weight excluding hydrogens is 439 g/mol. The number of piperidine rings is 1. The predicted octanol–water partition coefficient (Wildman–Crippen LogP) is 5.86. The third kappa shape index (κ3) is 5.45.